The van der Waals surface area contributed by atoms with Crippen LogP contribution in [0.2, 0.25) is 0 Å². The highest BCUT2D eigenvalue weighted by molar-refractivity contribution is 5.43. The normalized spacial score (nSPS) is 18.7. The van der Waals surface area contributed by atoms with E-state index >= 15 is 0 Å². The maximum Gasteiger partial charge on any atom is 0.161 e. The lowest BCUT2D eigenvalue weighted by Gasteiger charge is -2.27. The van der Waals surface area contributed by atoms with Gasteiger partial charge in [-0.15, -0.1) is 0 Å². The van der Waals surface area contributed by atoms with E-state index in [9.17, 15) is 5.11 Å². The molecule has 0 aliphatic carbocycles. The van der Waals surface area contributed by atoms with E-state index in [1.807, 2.05) is 43.5 Å². The van der Waals surface area contributed by atoms with Crippen molar-refractivity contribution >= 4 is 0 Å². The van der Waals surface area contributed by atoms with Gasteiger partial charge in [-0.25, -0.2) is 4.98 Å². The van der Waals surface area contributed by atoms with Gasteiger partial charge in [0.25, 0.3) is 0 Å². The van der Waals surface area contributed by atoms with Crippen molar-refractivity contribution in [1.82, 2.24) is 14.5 Å². The molecule has 1 N–H and O–H groups in total. The number of aromatic nitrogens is 2. The second kappa shape index (κ2) is 11.6. The molecule has 1 aromatic heterocycles. The summed E-state index contributed by atoms with van der Waals surface area (Å²) in [6.07, 6.45) is 6.10. The lowest BCUT2D eigenvalue weighted by Crippen LogP contribution is -2.37. The summed E-state index contributed by atoms with van der Waals surface area (Å²) in [5.74, 6) is 3.26. The molecule has 1 aliphatic heterocycles. The first kappa shape index (κ1) is 25.1. The predicted molar refractivity (Wildman–Crippen MR) is 136 cm³/mol. The average Bonchev–Trinajstić information content (AvgIpc) is 3.17. The van der Waals surface area contributed by atoms with Crippen LogP contribution in [-0.4, -0.2) is 58.6 Å². The van der Waals surface area contributed by atoms with Gasteiger partial charge in [-0.1, -0.05) is 23.8 Å². The summed E-state index contributed by atoms with van der Waals surface area (Å²) in [6.45, 7) is 8.18. The number of rotatable bonds is 10. The molecule has 0 radical (unpaired) electrons. The van der Waals surface area contributed by atoms with Gasteiger partial charge in [0, 0.05) is 25.5 Å². The van der Waals surface area contributed by atoms with Gasteiger partial charge in [0.1, 0.15) is 24.8 Å². The Labute approximate surface area is 208 Å². The van der Waals surface area contributed by atoms with Gasteiger partial charge in [0.2, 0.25) is 0 Å². The van der Waals surface area contributed by atoms with Gasteiger partial charge in [-0.05, 0) is 69.5 Å². The van der Waals surface area contributed by atoms with E-state index in [-0.39, 0.29) is 0 Å². The third kappa shape index (κ3) is 6.99. The van der Waals surface area contributed by atoms with Crippen LogP contribution in [0, 0.1) is 13.8 Å². The lowest BCUT2D eigenvalue weighted by molar-refractivity contribution is -0.0168. The molecular weight excluding hydrogens is 442 g/mol. The molecular formula is C28H37N3O4. The second-order valence-corrected chi connectivity index (χ2v) is 9.46. The van der Waals surface area contributed by atoms with Crippen molar-refractivity contribution in [3.8, 4) is 17.2 Å². The van der Waals surface area contributed by atoms with Gasteiger partial charge < -0.3 is 23.9 Å². The van der Waals surface area contributed by atoms with Crippen LogP contribution >= 0.6 is 0 Å². The van der Waals surface area contributed by atoms with E-state index in [0.29, 0.717) is 19.6 Å². The smallest absolute Gasteiger partial charge is 0.161 e. The molecule has 0 saturated carbocycles. The highest BCUT2D eigenvalue weighted by Gasteiger charge is 2.31. The summed E-state index contributed by atoms with van der Waals surface area (Å²) < 4.78 is 19.6. The van der Waals surface area contributed by atoms with Crippen molar-refractivity contribution in [1.29, 1.82) is 0 Å². The monoisotopic (exact) mass is 479 g/mol. The molecule has 35 heavy (non-hydrogen) atoms. The Kier molecular flexibility index (Phi) is 8.31. The van der Waals surface area contributed by atoms with Gasteiger partial charge in [0.15, 0.2) is 11.5 Å². The van der Waals surface area contributed by atoms with Crippen molar-refractivity contribution in [2.75, 3.05) is 33.4 Å². The zero-order valence-electron chi connectivity index (χ0n) is 21.1. The number of hydrogen-bond donors (Lipinski definition) is 1. The first-order valence-corrected chi connectivity index (χ1v) is 12.4. The Hall–Kier alpha value is -3.03. The number of aryl methyl sites for hydroxylation is 2. The fourth-order valence-corrected chi connectivity index (χ4v) is 4.47. The number of aliphatic hydroxyl groups is 1. The van der Waals surface area contributed by atoms with Crippen LogP contribution in [0.1, 0.15) is 36.2 Å². The van der Waals surface area contributed by atoms with Crippen LogP contribution in [0.15, 0.2) is 54.9 Å². The highest BCUT2D eigenvalue weighted by Crippen LogP contribution is 2.30. The van der Waals surface area contributed by atoms with E-state index < -0.39 is 5.60 Å². The molecule has 3 aromatic rings. The van der Waals surface area contributed by atoms with E-state index in [1.165, 1.54) is 11.1 Å². The average molecular weight is 480 g/mol. The molecule has 1 saturated heterocycles. The van der Waals surface area contributed by atoms with Gasteiger partial charge >= 0.3 is 0 Å². The summed E-state index contributed by atoms with van der Waals surface area (Å²) in [5, 5.41) is 11.2. The molecule has 7 nitrogen and oxygen atoms in total. The molecule has 1 atom stereocenters. The standard InChI is InChI=1S/C28H37N3O4/c1-22-5-8-25(9-6-22)35-21-28(32)11-4-14-30(15-12-28)20-24-7-10-26(33-3)27(19-24)34-18-17-31-16-13-29-23(31)2/h5-10,13,16,19,32H,4,11-12,14-15,17-18,20-21H2,1-3H3/t28-/m0/s1. The molecule has 1 fully saturated rings. The number of nitrogens with zero attached hydrogens (tertiary/aromatic N) is 3. The number of likely N-dealkylation sites (tertiary alicyclic amines) is 1. The topological polar surface area (TPSA) is 69.0 Å². The molecule has 2 aromatic carbocycles. The molecule has 7 heteroatoms. The molecule has 188 valence electrons. The highest BCUT2D eigenvalue weighted by atomic mass is 16.5. The van der Waals surface area contributed by atoms with Crippen LogP contribution in [0.25, 0.3) is 0 Å². The van der Waals surface area contributed by atoms with Crippen LogP contribution in [0.4, 0.5) is 0 Å². The lowest BCUT2D eigenvalue weighted by atomic mass is 9.96. The van der Waals surface area contributed by atoms with E-state index in [1.54, 1.807) is 13.3 Å². The van der Waals surface area contributed by atoms with Gasteiger partial charge in [0.05, 0.1) is 19.3 Å². The summed E-state index contributed by atoms with van der Waals surface area (Å²) in [6, 6.07) is 14.1. The fraction of sp³-hybridized carbons (Fsp3) is 0.464. The maximum atomic E-state index is 11.2. The Balaban J connectivity index is 1.31. The third-order valence-corrected chi connectivity index (χ3v) is 6.69. The molecule has 0 spiro atoms. The first-order valence-electron chi connectivity index (χ1n) is 12.4. The molecule has 1 aliphatic rings. The number of benzene rings is 2. The van der Waals surface area contributed by atoms with Crippen molar-refractivity contribution in [3.05, 3.63) is 71.8 Å². The minimum atomic E-state index is -0.806. The fourth-order valence-electron chi connectivity index (χ4n) is 4.47. The summed E-state index contributed by atoms with van der Waals surface area (Å²) >= 11 is 0. The Morgan fingerprint density at radius 1 is 1.00 bits per heavy atom. The zero-order valence-corrected chi connectivity index (χ0v) is 21.1. The Morgan fingerprint density at radius 3 is 2.57 bits per heavy atom. The van der Waals surface area contributed by atoms with Crippen molar-refractivity contribution in [2.45, 2.75) is 51.8 Å². The predicted octanol–water partition coefficient (Wildman–Crippen LogP) is 4.38. The zero-order chi connectivity index (χ0) is 24.7. The summed E-state index contributed by atoms with van der Waals surface area (Å²) in [5.41, 5.74) is 1.56. The summed E-state index contributed by atoms with van der Waals surface area (Å²) in [4.78, 5) is 6.65. The third-order valence-electron chi connectivity index (χ3n) is 6.69. The van der Waals surface area contributed by atoms with Crippen molar-refractivity contribution < 1.29 is 19.3 Å². The summed E-state index contributed by atoms with van der Waals surface area (Å²) in [7, 11) is 1.66. The molecule has 0 bridgehead atoms. The minimum Gasteiger partial charge on any atom is -0.493 e. The van der Waals surface area contributed by atoms with Gasteiger partial charge in [-0.3, -0.25) is 4.90 Å². The molecule has 0 unspecified atom stereocenters. The second-order valence-electron chi connectivity index (χ2n) is 9.46. The maximum absolute atomic E-state index is 11.2. The molecule has 2 heterocycles. The van der Waals surface area contributed by atoms with E-state index in [2.05, 4.69) is 33.5 Å². The molecule has 0 amide bonds. The van der Waals surface area contributed by atoms with Crippen LogP contribution in [-0.2, 0) is 13.1 Å². The number of methoxy groups -OCH3 is 1. The van der Waals surface area contributed by atoms with E-state index in [4.69, 9.17) is 14.2 Å². The number of hydrogen-bond acceptors (Lipinski definition) is 6. The van der Waals surface area contributed by atoms with Crippen LogP contribution in [0.3, 0.4) is 0 Å². The largest absolute Gasteiger partial charge is 0.493 e. The quantitative estimate of drug-likeness (QED) is 0.465. The SMILES string of the molecule is COc1ccc(CN2CCC[C@@](O)(COc3ccc(C)cc3)CC2)cc1OCCn1ccnc1C. The van der Waals surface area contributed by atoms with Gasteiger partial charge in [-0.2, -0.15) is 0 Å². The molecule has 4 rings (SSSR count). The Bertz CT molecular complexity index is 1080. The number of ether oxygens (including phenoxy) is 3. The van der Waals surface area contributed by atoms with Crippen molar-refractivity contribution in [2.24, 2.45) is 0 Å². The number of imidazole rings is 1. The Morgan fingerprint density at radius 2 is 1.83 bits per heavy atom. The van der Waals surface area contributed by atoms with Crippen LogP contribution < -0.4 is 14.2 Å². The van der Waals surface area contributed by atoms with Crippen LogP contribution in [0.5, 0.6) is 17.2 Å². The van der Waals surface area contributed by atoms with E-state index in [0.717, 1.165) is 62.1 Å². The first-order chi connectivity index (χ1) is 16.9. The minimum absolute atomic E-state index is 0.320. The van der Waals surface area contributed by atoms with Crippen molar-refractivity contribution in [3.63, 3.8) is 0 Å².